The highest BCUT2D eigenvalue weighted by Crippen LogP contribution is 2.28. The van der Waals surface area contributed by atoms with Gasteiger partial charge in [0, 0.05) is 30.4 Å². The Kier molecular flexibility index (Phi) is 5.98. The van der Waals surface area contributed by atoms with Crippen LogP contribution in [0.2, 0.25) is 0 Å². The van der Waals surface area contributed by atoms with Crippen LogP contribution in [-0.2, 0) is 4.79 Å². The number of rotatable bonds is 7. The Hall–Kier alpha value is -3.02. The smallest absolute Gasteiger partial charge is 0.251 e. The molecule has 4 rings (SSSR count). The first-order chi connectivity index (χ1) is 14.2. The van der Waals surface area contributed by atoms with E-state index in [4.69, 9.17) is 0 Å². The quantitative estimate of drug-likeness (QED) is 0.673. The fourth-order valence-corrected chi connectivity index (χ4v) is 3.65. The standard InChI is InChI=1S/C23H28N4O2/c28-22(25-19-8-6-7-17(15-19)23(29)26-18-11-12-18)16-24-20-9-2-3-10-21(20)27-13-4-1-5-14-27/h2-3,6-10,15,18,24H,1,4-5,11-14,16H2,(H,25,28)(H,26,29). The molecule has 6 nitrogen and oxygen atoms in total. The monoisotopic (exact) mass is 392 g/mol. The third-order valence-electron chi connectivity index (χ3n) is 5.36. The van der Waals surface area contributed by atoms with Crippen LogP contribution < -0.4 is 20.9 Å². The van der Waals surface area contributed by atoms with Gasteiger partial charge in [-0.3, -0.25) is 9.59 Å². The summed E-state index contributed by atoms with van der Waals surface area (Å²) in [5.74, 6) is -0.226. The minimum absolute atomic E-state index is 0.0859. The first kappa shape index (κ1) is 19.3. The van der Waals surface area contributed by atoms with Crippen molar-refractivity contribution in [1.29, 1.82) is 0 Å². The highest BCUT2D eigenvalue weighted by atomic mass is 16.2. The third-order valence-corrected chi connectivity index (χ3v) is 5.36. The van der Waals surface area contributed by atoms with Crippen molar-refractivity contribution in [2.45, 2.75) is 38.1 Å². The van der Waals surface area contributed by atoms with Crippen molar-refractivity contribution in [1.82, 2.24) is 5.32 Å². The van der Waals surface area contributed by atoms with E-state index >= 15 is 0 Å². The first-order valence-electron chi connectivity index (χ1n) is 10.5. The maximum atomic E-state index is 12.5. The average Bonchev–Trinajstić information content (AvgIpc) is 3.57. The number of amides is 2. The summed E-state index contributed by atoms with van der Waals surface area (Å²) in [6, 6.07) is 15.5. The molecule has 1 heterocycles. The second-order valence-corrected chi connectivity index (χ2v) is 7.80. The van der Waals surface area contributed by atoms with Gasteiger partial charge in [0.15, 0.2) is 0 Å². The van der Waals surface area contributed by atoms with Crippen molar-refractivity contribution >= 4 is 28.9 Å². The number of carbonyl (C=O) groups is 2. The predicted molar refractivity (Wildman–Crippen MR) is 117 cm³/mol. The van der Waals surface area contributed by atoms with Crippen LogP contribution in [-0.4, -0.2) is 37.5 Å². The van der Waals surface area contributed by atoms with Crippen LogP contribution >= 0.6 is 0 Å². The molecule has 2 fully saturated rings. The fraction of sp³-hybridized carbons (Fsp3) is 0.391. The van der Waals surface area contributed by atoms with Crippen molar-refractivity contribution in [3.63, 3.8) is 0 Å². The SMILES string of the molecule is O=C(CNc1ccccc1N1CCCCC1)Nc1cccc(C(=O)NC2CC2)c1. The lowest BCUT2D eigenvalue weighted by Gasteiger charge is -2.30. The molecule has 1 aliphatic heterocycles. The number of nitrogens with one attached hydrogen (secondary N) is 3. The molecule has 2 amide bonds. The van der Waals surface area contributed by atoms with Gasteiger partial charge in [0.2, 0.25) is 5.91 Å². The summed E-state index contributed by atoms with van der Waals surface area (Å²) in [4.78, 5) is 27.0. The molecule has 3 N–H and O–H groups in total. The molecule has 2 aromatic carbocycles. The zero-order chi connectivity index (χ0) is 20.1. The topological polar surface area (TPSA) is 73.5 Å². The summed E-state index contributed by atoms with van der Waals surface area (Å²) in [6.07, 6.45) is 5.80. The van der Waals surface area contributed by atoms with E-state index in [2.05, 4.69) is 26.9 Å². The molecule has 152 valence electrons. The number of anilines is 3. The number of carbonyl (C=O) groups excluding carboxylic acids is 2. The minimum Gasteiger partial charge on any atom is -0.374 e. The van der Waals surface area contributed by atoms with Gasteiger partial charge in [-0.05, 0) is 62.4 Å². The summed E-state index contributed by atoms with van der Waals surface area (Å²) in [5, 5.41) is 9.12. The van der Waals surface area contributed by atoms with Crippen LogP contribution in [0.3, 0.4) is 0 Å². The van der Waals surface area contributed by atoms with Gasteiger partial charge in [-0.1, -0.05) is 18.2 Å². The van der Waals surface area contributed by atoms with Crippen LogP contribution in [0.4, 0.5) is 17.1 Å². The number of nitrogens with zero attached hydrogens (tertiary/aromatic N) is 1. The number of para-hydroxylation sites is 2. The second-order valence-electron chi connectivity index (χ2n) is 7.80. The molecule has 1 saturated heterocycles. The molecule has 0 bridgehead atoms. The molecule has 1 saturated carbocycles. The van der Waals surface area contributed by atoms with E-state index < -0.39 is 0 Å². The molecule has 0 radical (unpaired) electrons. The van der Waals surface area contributed by atoms with Gasteiger partial charge < -0.3 is 20.9 Å². The second kappa shape index (κ2) is 8.99. The lowest BCUT2D eigenvalue weighted by molar-refractivity contribution is -0.114. The zero-order valence-electron chi connectivity index (χ0n) is 16.6. The maximum absolute atomic E-state index is 12.5. The van der Waals surface area contributed by atoms with Gasteiger partial charge in [-0.15, -0.1) is 0 Å². The molecule has 6 heteroatoms. The third kappa shape index (κ3) is 5.28. The largest absolute Gasteiger partial charge is 0.374 e. The highest BCUT2D eigenvalue weighted by Gasteiger charge is 2.23. The normalized spacial score (nSPS) is 16.2. The number of hydrogen-bond donors (Lipinski definition) is 3. The first-order valence-corrected chi connectivity index (χ1v) is 10.5. The van der Waals surface area contributed by atoms with E-state index in [0.717, 1.165) is 37.3 Å². The van der Waals surface area contributed by atoms with E-state index in [9.17, 15) is 9.59 Å². The van der Waals surface area contributed by atoms with Crippen molar-refractivity contribution in [2.75, 3.05) is 35.2 Å². The minimum atomic E-state index is -0.141. The molecule has 0 aromatic heterocycles. The van der Waals surface area contributed by atoms with Gasteiger partial charge in [0.25, 0.3) is 5.91 Å². The van der Waals surface area contributed by atoms with Crippen LogP contribution in [0, 0.1) is 0 Å². The Labute approximate surface area is 171 Å². The zero-order valence-corrected chi connectivity index (χ0v) is 16.6. The lowest BCUT2D eigenvalue weighted by Crippen LogP contribution is -2.30. The number of hydrogen-bond acceptors (Lipinski definition) is 4. The number of benzene rings is 2. The van der Waals surface area contributed by atoms with E-state index in [0.29, 0.717) is 17.3 Å². The van der Waals surface area contributed by atoms with Gasteiger partial charge >= 0.3 is 0 Å². The maximum Gasteiger partial charge on any atom is 0.251 e. The van der Waals surface area contributed by atoms with Crippen LogP contribution in [0.1, 0.15) is 42.5 Å². The summed E-state index contributed by atoms with van der Waals surface area (Å²) in [6.45, 7) is 2.28. The van der Waals surface area contributed by atoms with Gasteiger partial charge in [-0.2, -0.15) is 0 Å². The molecule has 2 aliphatic rings. The molecule has 0 atom stereocenters. The molecular formula is C23H28N4O2. The average molecular weight is 393 g/mol. The van der Waals surface area contributed by atoms with Crippen molar-refractivity contribution in [3.8, 4) is 0 Å². The summed E-state index contributed by atoms with van der Waals surface area (Å²) >= 11 is 0. The Bertz CT molecular complexity index is 873. The number of piperidine rings is 1. The fourth-order valence-electron chi connectivity index (χ4n) is 3.65. The predicted octanol–water partition coefficient (Wildman–Crippen LogP) is 3.62. The lowest BCUT2D eigenvalue weighted by atomic mass is 10.1. The van der Waals surface area contributed by atoms with Gasteiger partial charge in [0.1, 0.15) is 0 Å². The summed E-state index contributed by atoms with van der Waals surface area (Å²) in [5.41, 5.74) is 3.32. The van der Waals surface area contributed by atoms with E-state index in [-0.39, 0.29) is 18.4 Å². The molecule has 0 spiro atoms. The Balaban J connectivity index is 1.34. The summed E-state index contributed by atoms with van der Waals surface area (Å²) in [7, 11) is 0. The molecular weight excluding hydrogens is 364 g/mol. The van der Waals surface area contributed by atoms with Gasteiger partial charge in [-0.25, -0.2) is 0 Å². The highest BCUT2D eigenvalue weighted by molar-refractivity contribution is 5.98. The molecule has 1 aliphatic carbocycles. The van der Waals surface area contributed by atoms with E-state index in [1.165, 1.54) is 19.3 Å². The van der Waals surface area contributed by atoms with Crippen LogP contribution in [0.15, 0.2) is 48.5 Å². The van der Waals surface area contributed by atoms with Crippen molar-refractivity contribution in [2.24, 2.45) is 0 Å². The van der Waals surface area contributed by atoms with E-state index in [1.54, 1.807) is 24.3 Å². The van der Waals surface area contributed by atoms with Crippen LogP contribution in [0.25, 0.3) is 0 Å². The summed E-state index contributed by atoms with van der Waals surface area (Å²) < 4.78 is 0. The van der Waals surface area contributed by atoms with Crippen molar-refractivity contribution < 1.29 is 9.59 Å². The van der Waals surface area contributed by atoms with Gasteiger partial charge in [0.05, 0.1) is 17.9 Å². The molecule has 29 heavy (non-hydrogen) atoms. The Morgan fingerprint density at radius 2 is 1.76 bits per heavy atom. The Morgan fingerprint density at radius 1 is 0.966 bits per heavy atom. The molecule has 0 unspecified atom stereocenters. The Morgan fingerprint density at radius 3 is 2.55 bits per heavy atom. The van der Waals surface area contributed by atoms with Crippen LogP contribution in [0.5, 0.6) is 0 Å². The van der Waals surface area contributed by atoms with Crippen molar-refractivity contribution in [3.05, 3.63) is 54.1 Å². The van der Waals surface area contributed by atoms with E-state index in [1.807, 2.05) is 18.2 Å². The molecule has 2 aromatic rings.